The third-order valence-corrected chi connectivity index (χ3v) is 3.79. The van der Waals surface area contributed by atoms with E-state index in [4.69, 9.17) is 0 Å². The maximum absolute atomic E-state index is 3.41. The van der Waals surface area contributed by atoms with Gasteiger partial charge in [0.05, 0.1) is 0 Å². The Kier molecular flexibility index (Phi) is 6.42. The number of aryl methyl sites for hydroxylation is 3. The molecule has 0 aliphatic rings. The smallest absolute Gasteiger partial charge is 0.00465 e. The highest BCUT2D eigenvalue weighted by Crippen LogP contribution is 2.20. The Morgan fingerprint density at radius 1 is 1.06 bits per heavy atom. The standard InChI is InChI=1S/C17H29N/c1-6-18-10-9-13(2)7-8-17-15(4)11-14(3)12-16(17)5/h11-13,18H,6-10H2,1-5H3. The first-order valence-electron chi connectivity index (χ1n) is 7.32. The molecule has 0 spiro atoms. The molecule has 0 radical (unpaired) electrons. The molecule has 0 aliphatic heterocycles. The van der Waals surface area contributed by atoms with Crippen LogP contribution in [-0.2, 0) is 6.42 Å². The van der Waals surface area contributed by atoms with Gasteiger partial charge in [0.25, 0.3) is 0 Å². The van der Waals surface area contributed by atoms with Gasteiger partial charge in [0.1, 0.15) is 0 Å². The molecule has 1 aromatic rings. The van der Waals surface area contributed by atoms with E-state index >= 15 is 0 Å². The summed E-state index contributed by atoms with van der Waals surface area (Å²) in [6, 6.07) is 4.62. The van der Waals surface area contributed by atoms with Crippen molar-refractivity contribution in [2.24, 2.45) is 5.92 Å². The summed E-state index contributed by atoms with van der Waals surface area (Å²) < 4.78 is 0. The minimum Gasteiger partial charge on any atom is -0.317 e. The van der Waals surface area contributed by atoms with E-state index in [1.165, 1.54) is 36.0 Å². The summed E-state index contributed by atoms with van der Waals surface area (Å²) in [5.41, 5.74) is 5.88. The average molecular weight is 247 g/mol. The zero-order valence-corrected chi connectivity index (χ0v) is 12.8. The Bertz CT molecular complexity index is 345. The van der Waals surface area contributed by atoms with Gasteiger partial charge in [0, 0.05) is 0 Å². The summed E-state index contributed by atoms with van der Waals surface area (Å²) >= 11 is 0. The quantitative estimate of drug-likeness (QED) is 0.713. The Morgan fingerprint density at radius 3 is 2.22 bits per heavy atom. The van der Waals surface area contributed by atoms with Crippen LogP contribution in [0.5, 0.6) is 0 Å². The van der Waals surface area contributed by atoms with Crippen molar-refractivity contribution in [2.75, 3.05) is 13.1 Å². The Labute approximate surface area is 113 Å². The molecule has 1 atom stereocenters. The van der Waals surface area contributed by atoms with E-state index in [9.17, 15) is 0 Å². The first-order valence-corrected chi connectivity index (χ1v) is 7.32. The molecule has 0 heterocycles. The summed E-state index contributed by atoms with van der Waals surface area (Å²) in [5, 5.41) is 3.41. The van der Waals surface area contributed by atoms with Crippen LogP contribution < -0.4 is 5.32 Å². The van der Waals surface area contributed by atoms with Gasteiger partial charge in [-0.1, -0.05) is 31.5 Å². The molecule has 1 heteroatoms. The first-order chi connectivity index (χ1) is 8.54. The van der Waals surface area contributed by atoms with Crippen molar-refractivity contribution in [3.63, 3.8) is 0 Å². The average Bonchev–Trinajstić information content (AvgIpc) is 2.27. The second-order valence-corrected chi connectivity index (χ2v) is 5.66. The number of nitrogens with one attached hydrogen (secondary N) is 1. The SMILES string of the molecule is CCNCCC(C)CCc1c(C)cc(C)cc1C. The van der Waals surface area contributed by atoms with Crippen LogP contribution in [-0.4, -0.2) is 13.1 Å². The van der Waals surface area contributed by atoms with Gasteiger partial charge in [-0.15, -0.1) is 0 Å². The minimum absolute atomic E-state index is 0.809. The first kappa shape index (κ1) is 15.2. The predicted molar refractivity (Wildman–Crippen MR) is 81.3 cm³/mol. The van der Waals surface area contributed by atoms with Crippen molar-refractivity contribution in [2.45, 2.75) is 53.9 Å². The van der Waals surface area contributed by atoms with Crippen molar-refractivity contribution in [1.82, 2.24) is 5.32 Å². The van der Waals surface area contributed by atoms with Crippen molar-refractivity contribution in [1.29, 1.82) is 0 Å². The maximum Gasteiger partial charge on any atom is -0.00465 e. The Morgan fingerprint density at radius 2 is 1.67 bits per heavy atom. The molecule has 0 bridgehead atoms. The molecule has 0 fully saturated rings. The lowest BCUT2D eigenvalue weighted by atomic mass is 9.92. The third-order valence-electron chi connectivity index (χ3n) is 3.79. The van der Waals surface area contributed by atoms with E-state index in [1.54, 1.807) is 5.56 Å². The summed E-state index contributed by atoms with van der Waals surface area (Å²) in [6.45, 7) is 13.5. The number of hydrogen-bond donors (Lipinski definition) is 1. The number of hydrogen-bond acceptors (Lipinski definition) is 1. The molecule has 1 N–H and O–H groups in total. The molecular weight excluding hydrogens is 218 g/mol. The molecule has 102 valence electrons. The highest BCUT2D eigenvalue weighted by Gasteiger charge is 2.07. The normalized spacial score (nSPS) is 12.7. The van der Waals surface area contributed by atoms with Crippen LogP contribution in [0.2, 0.25) is 0 Å². The lowest BCUT2D eigenvalue weighted by Gasteiger charge is -2.15. The topological polar surface area (TPSA) is 12.0 Å². The van der Waals surface area contributed by atoms with Crippen molar-refractivity contribution < 1.29 is 0 Å². The van der Waals surface area contributed by atoms with Crippen LogP contribution >= 0.6 is 0 Å². The lowest BCUT2D eigenvalue weighted by molar-refractivity contribution is 0.473. The van der Waals surface area contributed by atoms with Gasteiger partial charge in [0.15, 0.2) is 0 Å². The molecule has 0 aliphatic carbocycles. The van der Waals surface area contributed by atoms with Crippen LogP contribution in [0.3, 0.4) is 0 Å². The largest absolute Gasteiger partial charge is 0.317 e. The highest BCUT2D eigenvalue weighted by atomic mass is 14.8. The lowest BCUT2D eigenvalue weighted by Crippen LogP contribution is -2.16. The van der Waals surface area contributed by atoms with E-state index in [0.717, 1.165) is 19.0 Å². The molecule has 1 nitrogen and oxygen atoms in total. The van der Waals surface area contributed by atoms with Crippen LogP contribution in [0.15, 0.2) is 12.1 Å². The van der Waals surface area contributed by atoms with Gasteiger partial charge in [0.2, 0.25) is 0 Å². The van der Waals surface area contributed by atoms with E-state index in [0.29, 0.717) is 0 Å². The molecule has 1 aromatic carbocycles. The van der Waals surface area contributed by atoms with Gasteiger partial charge >= 0.3 is 0 Å². The van der Waals surface area contributed by atoms with Crippen LogP contribution in [0.1, 0.15) is 48.9 Å². The maximum atomic E-state index is 3.41. The number of benzene rings is 1. The summed E-state index contributed by atoms with van der Waals surface area (Å²) in [4.78, 5) is 0. The molecule has 18 heavy (non-hydrogen) atoms. The van der Waals surface area contributed by atoms with E-state index in [2.05, 4.69) is 52.1 Å². The summed E-state index contributed by atoms with van der Waals surface area (Å²) in [5.74, 6) is 0.809. The second-order valence-electron chi connectivity index (χ2n) is 5.66. The zero-order chi connectivity index (χ0) is 13.5. The zero-order valence-electron chi connectivity index (χ0n) is 12.8. The summed E-state index contributed by atoms with van der Waals surface area (Å²) in [7, 11) is 0. The molecular formula is C17H29N. The molecule has 0 saturated carbocycles. The van der Waals surface area contributed by atoms with Gasteiger partial charge in [-0.2, -0.15) is 0 Å². The fraction of sp³-hybridized carbons (Fsp3) is 0.647. The van der Waals surface area contributed by atoms with Gasteiger partial charge in [-0.05, 0) is 75.7 Å². The molecule has 1 rings (SSSR count). The Balaban J connectivity index is 2.48. The van der Waals surface area contributed by atoms with Crippen molar-refractivity contribution >= 4 is 0 Å². The molecule has 0 amide bonds. The van der Waals surface area contributed by atoms with Crippen LogP contribution in [0.25, 0.3) is 0 Å². The molecule has 0 aromatic heterocycles. The monoisotopic (exact) mass is 247 g/mol. The van der Waals surface area contributed by atoms with E-state index in [-0.39, 0.29) is 0 Å². The van der Waals surface area contributed by atoms with E-state index < -0.39 is 0 Å². The highest BCUT2D eigenvalue weighted by molar-refractivity contribution is 5.37. The third kappa shape index (κ3) is 4.81. The van der Waals surface area contributed by atoms with Gasteiger partial charge < -0.3 is 5.32 Å². The number of rotatable bonds is 7. The van der Waals surface area contributed by atoms with Crippen molar-refractivity contribution in [3.8, 4) is 0 Å². The van der Waals surface area contributed by atoms with E-state index in [1.807, 2.05) is 0 Å². The van der Waals surface area contributed by atoms with Gasteiger partial charge in [-0.25, -0.2) is 0 Å². The fourth-order valence-corrected chi connectivity index (χ4v) is 2.66. The summed E-state index contributed by atoms with van der Waals surface area (Å²) in [6.07, 6.45) is 3.82. The fourth-order valence-electron chi connectivity index (χ4n) is 2.66. The molecule has 0 saturated heterocycles. The Hall–Kier alpha value is -0.820. The van der Waals surface area contributed by atoms with Crippen molar-refractivity contribution in [3.05, 3.63) is 34.4 Å². The predicted octanol–water partition coefficient (Wildman–Crippen LogP) is 4.18. The van der Waals surface area contributed by atoms with Gasteiger partial charge in [-0.3, -0.25) is 0 Å². The van der Waals surface area contributed by atoms with Crippen LogP contribution in [0, 0.1) is 26.7 Å². The molecule has 1 unspecified atom stereocenters. The minimum atomic E-state index is 0.809. The second kappa shape index (κ2) is 7.58. The van der Waals surface area contributed by atoms with Crippen LogP contribution in [0.4, 0.5) is 0 Å².